The van der Waals surface area contributed by atoms with E-state index < -0.39 is 10.0 Å². The third-order valence-corrected chi connectivity index (χ3v) is 6.16. The van der Waals surface area contributed by atoms with E-state index in [2.05, 4.69) is 0 Å². The average Bonchev–Trinajstić information content (AvgIpc) is 2.91. The number of sulfonamides is 1. The summed E-state index contributed by atoms with van der Waals surface area (Å²) >= 11 is 6.45. The predicted octanol–water partition coefficient (Wildman–Crippen LogP) is 2.51. The summed E-state index contributed by atoms with van der Waals surface area (Å²) in [5.74, 6) is 0. The van der Waals surface area contributed by atoms with Crippen molar-refractivity contribution in [2.24, 2.45) is 5.73 Å². The van der Waals surface area contributed by atoms with E-state index in [0.29, 0.717) is 17.7 Å². The fraction of sp³-hybridized carbons (Fsp3) is 0.214. The number of nitrogens with zero attached hydrogens (tertiary/aromatic N) is 1. The highest BCUT2D eigenvalue weighted by atomic mass is 32.2. The summed E-state index contributed by atoms with van der Waals surface area (Å²) < 4.78 is 26.7. The van der Waals surface area contributed by atoms with Gasteiger partial charge in [-0.25, -0.2) is 8.42 Å². The van der Waals surface area contributed by atoms with E-state index in [1.54, 1.807) is 26.1 Å². The Morgan fingerprint density at radius 3 is 2.67 bits per heavy atom. The topological polar surface area (TPSA) is 63.4 Å². The van der Waals surface area contributed by atoms with Crippen LogP contribution in [-0.4, -0.2) is 24.8 Å². The van der Waals surface area contributed by atoms with Gasteiger partial charge in [0.25, 0.3) is 0 Å². The maximum absolute atomic E-state index is 12.7. The van der Waals surface area contributed by atoms with Crippen molar-refractivity contribution in [2.45, 2.75) is 18.4 Å². The molecule has 0 unspecified atom stereocenters. The van der Waals surface area contributed by atoms with Crippen molar-refractivity contribution < 1.29 is 8.42 Å². The van der Waals surface area contributed by atoms with E-state index in [-0.39, 0.29) is 9.88 Å². The molecule has 0 bridgehead atoms. The molecule has 1 aromatic carbocycles. The van der Waals surface area contributed by atoms with Gasteiger partial charge >= 0.3 is 0 Å². The molecule has 4 nitrogen and oxygen atoms in total. The Balaban J connectivity index is 2.38. The molecule has 1 aromatic heterocycles. The first-order valence-corrected chi connectivity index (χ1v) is 8.94. The lowest BCUT2D eigenvalue weighted by atomic mass is 10.1. The Kier molecular flexibility index (Phi) is 4.77. The molecular formula is C14H16N2O2S3. The second-order valence-electron chi connectivity index (χ2n) is 4.68. The first kappa shape index (κ1) is 16.1. The Bertz CT molecular complexity index is 753. The lowest BCUT2D eigenvalue weighted by Crippen LogP contribution is -2.27. The van der Waals surface area contributed by atoms with Gasteiger partial charge in [-0.3, -0.25) is 0 Å². The molecule has 0 fully saturated rings. The van der Waals surface area contributed by atoms with Gasteiger partial charge in [-0.1, -0.05) is 30.4 Å². The number of benzene rings is 1. The monoisotopic (exact) mass is 340 g/mol. The van der Waals surface area contributed by atoms with Crippen LogP contribution in [0.2, 0.25) is 0 Å². The Hall–Kier alpha value is -1.28. The molecule has 0 aliphatic heterocycles. The number of nitrogens with two attached hydrogens (primary N) is 1. The molecule has 2 rings (SSSR count). The second kappa shape index (κ2) is 6.23. The lowest BCUT2D eigenvalue weighted by molar-refractivity contribution is 0.469. The number of rotatable bonds is 5. The number of hydrogen-bond acceptors (Lipinski definition) is 4. The average molecular weight is 340 g/mol. The molecule has 7 heteroatoms. The summed E-state index contributed by atoms with van der Waals surface area (Å²) in [5.41, 5.74) is 6.81. The Morgan fingerprint density at radius 1 is 1.38 bits per heavy atom. The molecule has 0 aliphatic carbocycles. The van der Waals surface area contributed by atoms with Crippen LogP contribution in [0.25, 0.3) is 0 Å². The zero-order valence-corrected chi connectivity index (χ0v) is 14.2. The Labute approximate surface area is 134 Å². The van der Waals surface area contributed by atoms with Crippen LogP contribution in [0, 0.1) is 6.92 Å². The standard InChI is InChI=1S/C14H16N2O2S3/c1-10-5-6-11(14(15)19)8-13(10)21(17,18)16(2)9-12-4-3-7-20-12/h3-8H,9H2,1-2H3,(H2,15,19). The molecule has 0 radical (unpaired) electrons. The minimum Gasteiger partial charge on any atom is -0.389 e. The van der Waals surface area contributed by atoms with Gasteiger partial charge in [-0.15, -0.1) is 11.3 Å². The Morgan fingerprint density at radius 2 is 2.10 bits per heavy atom. The van der Waals surface area contributed by atoms with E-state index in [4.69, 9.17) is 18.0 Å². The van der Waals surface area contributed by atoms with Crippen molar-refractivity contribution in [2.75, 3.05) is 7.05 Å². The first-order chi connectivity index (χ1) is 9.82. The third-order valence-electron chi connectivity index (χ3n) is 3.12. The van der Waals surface area contributed by atoms with Gasteiger partial charge in [0.15, 0.2) is 0 Å². The van der Waals surface area contributed by atoms with Crippen molar-refractivity contribution in [3.05, 3.63) is 51.7 Å². The van der Waals surface area contributed by atoms with Crippen LogP contribution in [0.4, 0.5) is 0 Å². The van der Waals surface area contributed by atoms with Crippen LogP contribution < -0.4 is 5.73 Å². The fourth-order valence-corrected chi connectivity index (χ4v) is 4.27. The van der Waals surface area contributed by atoms with Gasteiger partial charge in [-0.05, 0) is 30.0 Å². The minimum absolute atomic E-state index is 0.187. The summed E-state index contributed by atoms with van der Waals surface area (Å²) in [6.45, 7) is 2.10. The molecular weight excluding hydrogens is 324 g/mol. The van der Waals surface area contributed by atoms with Gasteiger partial charge in [0.05, 0.1) is 4.90 Å². The minimum atomic E-state index is -3.58. The summed E-state index contributed by atoms with van der Waals surface area (Å²) in [6, 6.07) is 8.81. The predicted molar refractivity (Wildman–Crippen MR) is 90.0 cm³/mol. The van der Waals surface area contributed by atoms with Crippen molar-refractivity contribution in [1.82, 2.24) is 4.31 Å². The van der Waals surface area contributed by atoms with Crippen LogP contribution in [0.5, 0.6) is 0 Å². The van der Waals surface area contributed by atoms with Crippen molar-refractivity contribution in [3.63, 3.8) is 0 Å². The van der Waals surface area contributed by atoms with Crippen LogP contribution >= 0.6 is 23.6 Å². The van der Waals surface area contributed by atoms with E-state index in [1.807, 2.05) is 17.5 Å². The number of thiophene rings is 1. The van der Waals surface area contributed by atoms with E-state index in [0.717, 1.165) is 4.88 Å². The molecule has 0 aliphatic rings. The molecule has 1 heterocycles. The quantitative estimate of drug-likeness (QED) is 0.850. The number of aryl methyl sites for hydroxylation is 1. The third kappa shape index (κ3) is 3.49. The van der Waals surface area contributed by atoms with Gasteiger partial charge < -0.3 is 5.73 Å². The second-order valence-corrected chi connectivity index (χ2v) is 8.17. The summed E-state index contributed by atoms with van der Waals surface area (Å²) in [6.07, 6.45) is 0. The van der Waals surface area contributed by atoms with Gasteiger partial charge in [0.2, 0.25) is 10.0 Å². The molecule has 2 N–H and O–H groups in total. The van der Waals surface area contributed by atoms with Crippen molar-refractivity contribution in [3.8, 4) is 0 Å². The molecule has 112 valence electrons. The first-order valence-electron chi connectivity index (χ1n) is 6.21. The number of thiocarbonyl (C=S) groups is 1. The fourth-order valence-electron chi connectivity index (χ4n) is 1.91. The normalized spacial score (nSPS) is 11.8. The van der Waals surface area contributed by atoms with Gasteiger partial charge in [0, 0.05) is 24.0 Å². The maximum Gasteiger partial charge on any atom is 0.243 e. The van der Waals surface area contributed by atoms with Gasteiger partial charge in [0.1, 0.15) is 4.99 Å². The molecule has 0 saturated heterocycles. The zero-order chi connectivity index (χ0) is 15.6. The molecule has 0 spiro atoms. The molecule has 0 atom stereocenters. The van der Waals surface area contributed by atoms with Crippen molar-refractivity contribution >= 4 is 38.6 Å². The number of hydrogen-bond donors (Lipinski definition) is 1. The van der Waals surface area contributed by atoms with E-state index in [1.165, 1.54) is 21.7 Å². The van der Waals surface area contributed by atoms with Crippen LogP contribution in [0.1, 0.15) is 16.0 Å². The lowest BCUT2D eigenvalue weighted by Gasteiger charge is -2.18. The molecule has 2 aromatic rings. The molecule has 0 amide bonds. The van der Waals surface area contributed by atoms with Gasteiger partial charge in [-0.2, -0.15) is 4.31 Å². The zero-order valence-electron chi connectivity index (χ0n) is 11.7. The van der Waals surface area contributed by atoms with E-state index in [9.17, 15) is 8.42 Å². The molecule has 0 saturated carbocycles. The van der Waals surface area contributed by atoms with Crippen molar-refractivity contribution in [1.29, 1.82) is 0 Å². The highest BCUT2D eigenvalue weighted by Gasteiger charge is 2.23. The highest BCUT2D eigenvalue weighted by molar-refractivity contribution is 7.89. The summed E-state index contributed by atoms with van der Waals surface area (Å²) in [5, 5.41) is 1.93. The SMILES string of the molecule is Cc1ccc(C(N)=S)cc1S(=O)(=O)N(C)Cc1cccs1. The largest absolute Gasteiger partial charge is 0.389 e. The smallest absolute Gasteiger partial charge is 0.243 e. The summed E-state index contributed by atoms with van der Waals surface area (Å²) in [7, 11) is -2.01. The van der Waals surface area contributed by atoms with E-state index >= 15 is 0 Å². The van der Waals surface area contributed by atoms with Crippen LogP contribution in [0.15, 0.2) is 40.6 Å². The van der Waals surface area contributed by atoms with Crippen LogP contribution in [0.3, 0.4) is 0 Å². The molecule has 21 heavy (non-hydrogen) atoms. The maximum atomic E-state index is 12.7. The van der Waals surface area contributed by atoms with Crippen LogP contribution in [-0.2, 0) is 16.6 Å². The highest BCUT2D eigenvalue weighted by Crippen LogP contribution is 2.23. The summed E-state index contributed by atoms with van der Waals surface area (Å²) in [4.78, 5) is 1.42.